The van der Waals surface area contributed by atoms with E-state index in [1.54, 1.807) is 16.8 Å². The van der Waals surface area contributed by atoms with E-state index in [0.717, 1.165) is 64.2 Å². The maximum absolute atomic E-state index is 6.40. The van der Waals surface area contributed by atoms with Gasteiger partial charge in [-0.05, 0) is 37.9 Å². The summed E-state index contributed by atoms with van der Waals surface area (Å²) in [6.07, 6.45) is 8.66. The number of hydrogen-bond acceptors (Lipinski definition) is 6. The van der Waals surface area contributed by atoms with E-state index in [2.05, 4.69) is 38.6 Å². The number of ether oxygens (including phenoxy) is 1. The fourth-order valence-corrected chi connectivity index (χ4v) is 5.90. The van der Waals surface area contributed by atoms with E-state index in [1.165, 1.54) is 16.0 Å². The van der Waals surface area contributed by atoms with Crippen LogP contribution in [0.4, 0.5) is 0 Å². The fourth-order valence-electron chi connectivity index (χ4n) is 4.24. The maximum atomic E-state index is 6.40. The SMILES string of the molecule is CCc1cc2c(s1)CCOC21CCN(Cc2cnn(CCSNC)c2)CC1. The monoisotopic (exact) mass is 406 g/mol. The van der Waals surface area contributed by atoms with Crippen molar-refractivity contribution in [3.63, 3.8) is 0 Å². The minimum Gasteiger partial charge on any atom is -0.370 e. The van der Waals surface area contributed by atoms with Gasteiger partial charge in [0.1, 0.15) is 0 Å². The summed E-state index contributed by atoms with van der Waals surface area (Å²) in [5.74, 6) is 1.03. The lowest BCUT2D eigenvalue weighted by Crippen LogP contribution is -2.45. The highest BCUT2D eigenvalue weighted by atomic mass is 32.2. The van der Waals surface area contributed by atoms with Crippen LogP contribution in [0.25, 0.3) is 0 Å². The Morgan fingerprint density at radius 2 is 2.22 bits per heavy atom. The molecule has 4 rings (SSSR count). The smallest absolute Gasteiger partial charge is 0.0966 e. The second-order valence-corrected chi connectivity index (χ2v) is 9.76. The van der Waals surface area contributed by atoms with Gasteiger partial charge in [-0.2, -0.15) is 5.10 Å². The van der Waals surface area contributed by atoms with Crippen molar-refractivity contribution in [1.29, 1.82) is 0 Å². The standard InChI is InChI=1S/C20H30N4OS2/c1-3-17-12-18-19(27-17)4-10-25-20(18)5-7-23(8-6-20)14-16-13-22-24(15-16)9-11-26-21-2/h12-13,15,21H,3-11,14H2,1-2H3. The molecule has 0 radical (unpaired) electrons. The van der Waals surface area contributed by atoms with Crippen molar-refractivity contribution < 1.29 is 4.74 Å². The largest absolute Gasteiger partial charge is 0.370 e. The third-order valence-electron chi connectivity index (χ3n) is 5.73. The zero-order chi connectivity index (χ0) is 18.7. The molecule has 2 aliphatic heterocycles. The highest BCUT2D eigenvalue weighted by Crippen LogP contribution is 2.44. The van der Waals surface area contributed by atoms with Crippen molar-refractivity contribution in [3.05, 3.63) is 39.3 Å². The molecule has 1 fully saturated rings. The third kappa shape index (κ3) is 4.27. The van der Waals surface area contributed by atoms with Gasteiger partial charge in [0, 0.05) is 53.3 Å². The first kappa shape index (κ1) is 19.5. The van der Waals surface area contributed by atoms with Crippen LogP contribution in [0.3, 0.4) is 0 Å². The fraction of sp³-hybridized carbons (Fsp3) is 0.650. The molecule has 2 aromatic heterocycles. The number of nitrogens with zero attached hydrogens (tertiary/aromatic N) is 3. The summed E-state index contributed by atoms with van der Waals surface area (Å²) < 4.78 is 11.6. The first-order chi connectivity index (χ1) is 13.2. The molecule has 4 heterocycles. The Morgan fingerprint density at radius 3 is 3.00 bits per heavy atom. The average molecular weight is 407 g/mol. The molecule has 7 heteroatoms. The van der Waals surface area contributed by atoms with Crippen LogP contribution in [-0.4, -0.2) is 47.2 Å². The van der Waals surface area contributed by atoms with E-state index in [0.29, 0.717) is 0 Å². The first-order valence-electron chi connectivity index (χ1n) is 10.0. The van der Waals surface area contributed by atoms with Gasteiger partial charge in [0.2, 0.25) is 0 Å². The highest BCUT2D eigenvalue weighted by molar-refractivity contribution is 7.97. The Hall–Kier alpha value is -0.860. The Kier molecular flexibility index (Phi) is 6.24. The van der Waals surface area contributed by atoms with Crippen molar-refractivity contribution in [3.8, 4) is 0 Å². The van der Waals surface area contributed by atoms with Gasteiger partial charge in [-0.15, -0.1) is 11.3 Å². The molecule has 0 unspecified atom stereocenters. The van der Waals surface area contributed by atoms with Crippen LogP contribution in [0.2, 0.25) is 0 Å². The van der Waals surface area contributed by atoms with Gasteiger partial charge in [0.05, 0.1) is 24.9 Å². The van der Waals surface area contributed by atoms with Gasteiger partial charge < -0.3 is 4.74 Å². The molecule has 1 spiro atoms. The number of nitrogens with one attached hydrogen (secondary N) is 1. The Labute approximate surface area is 170 Å². The average Bonchev–Trinajstić information content (AvgIpc) is 3.31. The highest BCUT2D eigenvalue weighted by Gasteiger charge is 2.41. The number of likely N-dealkylation sites (tertiary alicyclic amines) is 1. The van der Waals surface area contributed by atoms with Gasteiger partial charge in [-0.25, -0.2) is 0 Å². The van der Waals surface area contributed by atoms with Crippen LogP contribution < -0.4 is 4.72 Å². The number of aryl methyl sites for hydroxylation is 2. The number of rotatable bonds is 7. The summed E-state index contributed by atoms with van der Waals surface area (Å²) in [5, 5.41) is 4.50. The number of fused-ring (bicyclic) bond motifs is 2. The molecule has 0 bridgehead atoms. The summed E-state index contributed by atoms with van der Waals surface area (Å²) in [7, 11) is 1.96. The molecule has 5 nitrogen and oxygen atoms in total. The van der Waals surface area contributed by atoms with Crippen LogP contribution in [0, 0.1) is 0 Å². The van der Waals surface area contributed by atoms with E-state index in [-0.39, 0.29) is 5.60 Å². The molecule has 0 aliphatic carbocycles. The van der Waals surface area contributed by atoms with Crippen molar-refractivity contribution in [2.45, 2.75) is 51.3 Å². The minimum atomic E-state index is -0.0252. The number of aromatic nitrogens is 2. The van der Waals surface area contributed by atoms with Crippen LogP contribution in [0.1, 0.15) is 40.6 Å². The Morgan fingerprint density at radius 1 is 1.37 bits per heavy atom. The second-order valence-electron chi connectivity index (χ2n) is 7.44. The predicted octanol–water partition coefficient (Wildman–Crippen LogP) is 3.44. The Balaban J connectivity index is 1.35. The van der Waals surface area contributed by atoms with Gasteiger partial charge in [0.25, 0.3) is 0 Å². The molecular formula is C20H30N4OS2. The maximum Gasteiger partial charge on any atom is 0.0966 e. The number of hydrogen-bond donors (Lipinski definition) is 1. The Bertz CT molecular complexity index is 749. The predicted molar refractivity (Wildman–Crippen MR) is 113 cm³/mol. The zero-order valence-corrected chi connectivity index (χ0v) is 18.0. The summed E-state index contributed by atoms with van der Waals surface area (Å²) in [6, 6.07) is 2.43. The van der Waals surface area contributed by atoms with Crippen LogP contribution >= 0.6 is 23.3 Å². The van der Waals surface area contributed by atoms with E-state index >= 15 is 0 Å². The molecule has 0 amide bonds. The molecule has 1 N–H and O–H groups in total. The summed E-state index contributed by atoms with van der Waals surface area (Å²) >= 11 is 3.73. The van der Waals surface area contributed by atoms with Gasteiger partial charge in [-0.3, -0.25) is 14.3 Å². The lowest BCUT2D eigenvalue weighted by Gasteiger charge is -2.44. The molecule has 27 heavy (non-hydrogen) atoms. The van der Waals surface area contributed by atoms with Crippen LogP contribution in [0.15, 0.2) is 18.5 Å². The van der Waals surface area contributed by atoms with E-state index in [4.69, 9.17) is 4.74 Å². The van der Waals surface area contributed by atoms with E-state index in [9.17, 15) is 0 Å². The van der Waals surface area contributed by atoms with Crippen LogP contribution in [0.5, 0.6) is 0 Å². The summed E-state index contributed by atoms with van der Waals surface area (Å²) in [4.78, 5) is 5.64. The molecule has 2 aromatic rings. The van der Waals surface area contributed by atoms with Crippen molar-refractivity contribution in [2.24, 2.45) is 0 Å². The van der Waals surface area contributed by atoms with Gasteiger partial charge in [-0.1, -0.05) is 18.9 Å². The summed E-state index contributed by atoms with van der Waals surface area (Å²) in [6.45, 7) is 7.27. The lowest BCUT2D eigenvalue weighted by atomic mass is 9.82. The van der Waals surface area contributed by atoms with Crippen molar-refractivity contribution in [1.82, 2.24) is 19.4 Å². The topological polar surface area (TPSA) is 42.3 Å². The third-order valence-corrected chi connectivity index (χ3v) is 7.74. The molecule has 0 aromatic carbocycles. The van der Waals surface area contributed by atoms with Crippen molar-refractivity contribution >= 4 is 23.3 Å². The normalized spacial score (nSPS) is 19.5. The number of thiophene rings is 1. The minimum absolute atomic E-state index is 0.0252. The first-order valence-corrected chi connectivity index (χ1v) is 11.8. The lowest BCUT2D eigenvalue weighted by molar-refractivity contribution is -0.0981. The summed E-state index contributed by atoms with van der Waals surface area (Å²) in [5.41, 5.74) is 2.79. The van der Waals surface area contributed by atoms with E-state index < -0.39 is 0 Å². The molecule has 0 atom stereocenters. The molecule has 1 saturated heterocycles. The van der Waals surface area contributed by atoms with Crippen LogP contribution in [-0.2, 0) is 36.3 Å². The molecule has 0 saturated carbocycles. The van der Waals surface area contributed by atoms with E-state index in [1.807, 2.05) is 24.6 Å². The van der Waals surface area contributed by atoms with Gasteiger partial charge in [0.15, 0.2) is 0 Å². The second kappa shape index (κ2) is 8.66. The molecular weight excluding hydrogens is 376 g/mol. The zero-order valence-electron chi connectivity index (χ0n) is 16.4. The van der Waals surface area contributed by atoms with Crippen molar-refractivity contribution in [2.75, 3.05) is 32.5 Å². The van der Waals surface area contributed by atoms with Gasteiger partial charge >= 0.3 is 0 Å². The number of piperidine rings is 1. The molecule has 148 valence electrons. The quantitative estimate of drug-likeness (QED) is 0.564. The molecule has 2 aliphatic rings.